The Morgan fingerprint density at radius 1 is 1.11 bits per heavy atom. The van der Waals surface area contributed by atoms with Crippen LogP contribution in [0.5, 0.6) is 0 Å². The van der Waals surface area contributed by atoms with Crippen LogP contribution in [0.15, 0.2) is 53.4 Å². The smallest absolute Gasteiger partial charge is 0.228 e. The predicted molar refractivity (Wildman–Crippen MR) is 106 cm³/mol. The van der Waals surface area contributed by atoms with E-state index in [1.807, 2.05) is 30.3 Å². The number of nitrogens with zero attached hydrogens (tertiary/aromatic N) is 1. The summed E-state index contributed by atoms with van der Waals surface area (Å²) < 4.78 is 23.2. The zero-order valence-electron chi connectivity index (χ0n) is 15.8. The molecule has 0 saturated heterocycles. The lowest BCUT2D eigenvalue weighted by Gasteiger charge is -2.19. The lowest BCUT2D eigenvalue weighted by atomic mass is 9.88. The SMILES string of the molecule is CC(C)CC(C(=O)NCC#N)c1cccc(-c2ccc(S(C)(=O)=O)cc2)c1. The van der Waals surface area contributed by atoms with Gasteiger partial charge in [0.25, 0.3) is 0 Å². The Morgan fingerprint density at radius 2 is 1.78 bits per heavy atom. The molecule has 6 heteroatoms. The van der Waals surface area contributed by atoms with Crippen molar-refractivity contribution in [3.63, 3.8) is 0 Å². The van der Waals surface area contributed by atoms with Crippen LogP contribution in [0.3, 0.4) is 0 Å². The molecule has 1 unspecified atom stereocenters. The molecular formula is C21H24N2O3S. The molecule has 2 aromatic rings. The van der Waals surface area contributed by atoms with Crippen LogP contribution < -0.4 is 5.32 Å². The predicted octanol–water partition coefficient (Wildman–Crippen LogP) is 3.53. The highest BCUT2D eigenvalue weighted by Gasteiger charge is 2.22. The zero-order valence-corrected chi connectivity index (χ0v) is 16.6. The summed E-state index contributed by atoms with van der Waals surface area (Å²) >= 11 is 0. The van der Waals surface area contributed by atoms with Crippen LogP contribution in [-0.4, -0.2) is 27.1 Å². The Kier molecular flexibility index (Phi) is 6.75. The van der Waals surface area contributed by atoms with Gasteiger partial charge in [-0.1, -0.05) is 50.2 Å². The summed E-state index contributed by atoms with van der Waals surface area (Å²) in [5.74, 6) is -0.177. The summed E-state index contributed by atoms with van der Waals surface area (Å²) in [7, 11) is -3.24. The molecule has 0 spiro atoms. The maximum absolute atomic E-state index is 12.5. The first-order chi connectivity index (χ1) is 12.7. The molecule has 142 valence electrons. The molecule has 1 amide bonds. The van der Waals surface area contributed by atoms with Gasteiger partial charge in [0.05, 0.1) is 16.9 Å². The summed E-state index contributed by atoms with van der Waals surface area (Å²) in [5, 5.41) is 11.4. The fraction of sp³-hybridized carbons (Fsp3) is 0.333. The molecule has 0 aromatic heterocycles. The summed E-state index contributed by atoms with van der Waals surface area (Å²) in [6.45, 7) is 4.09. The molecule has 0 aliphatic carbocycles. The maximum atomic E-state index is 12.5. The highest BCUT2D eigenvalue weighted by molar-refractivity contribution is 7.90. The monoisotopic (exact) mass is 384 g/mol. The Hall–Kier alpha value is -2.65. The molecule has 1 N–H and O–H groups in total. The van der Waals surface area contributed by atoms with E-state index in [0.717, 1.165) is 16.7 Å². The number of sulfone groups is 1. The van der Waals surface area contributed by atoms with Crippen LogP contribution in [0.1, 0.15) is 31.7 Å². The number of nitrogens with one attached hydrogen (secondary N) is 1. The van der Waals surface area contributed by atoms with E-state index in [1.54, 1.807) is 24.3 Å². The van der Waals surface area contributed by atoms with E-state index in [2.05, 4.69) is 19.2 Å². The second-order valence-electron chi connectivity index (χ2n) is 6.98. The minimum Gasteiger partial charge on any atom is -0.342 e. The quantitative estimate of drug-likeness (QED) is 0.740. The largest absolute Gasteiger partial charge is 0.342 e. The van der Waals surface area contributed by atoms with Gasteiger partial charge < -0.3 is 5.32 Å². The molecule has 0 saturated carbocycles. The highest BCUT2D eigenvalue weighted by Crippen LogP contribution is 2.29. The third-order valence-corrected chi connectivity index (χ3v) is 5.40. The van der Waals surface area contributed by atoms with Crippen LogP contribution >= 0.6 is 0 Å². The summed E-state index contributed by atoms with van der Waals surface area (Å²) in [6.07, 6.45) is 1.85. The van der Waals surface area contributed by atoms with Crippen molar-refractivity contribution >= 4 is 15.7 Å². The van der Waals surface area contributed by atoms with E-state index in [0.29, 0.717) is 12.3 Å². The van der Waals surface area contributed by atoms with Crippen LogP contribution in [-0.2, 0) is 14.6 Å². The van der Waals surface area contributed by atoms with E-state index < -0.39 is 9.84 Å². The number of hydrogen-bond donors (Lipinski definition) is 1. The zero-order chi connectivity index (χ0) is 20.0. The second kappa shape index (κ2) is 8.83. The normalized spacial score (nSPS) is 12.4. The van der Waals surface area contributed by atoms with Crippen molar-refractivity contribution in [2.75, 3.05) is 12.8 Å². The number of carbonyl (C=O) groups is 1. The van der Waals surface area contributed by atoms with Gasteiger partial charge in [0.15, 0.2) is 9.84 Å². The van der Waals surface area contributed by atoms with Crippen molar-refractivity contribution in [1.29, 1.82) is 5.26 Å². The molecule has 0 aliphatic rings. The van der Waals surface area contributed by atoms with Crippen molar-refractivity contribution in [3.8, 4) is 17.2 Å². The first kappa shape index (κ1) is 20.7. The lowest BCUT2D eigenvalue weighted by molar-refractivity contribution is -0.122. The van der Waals surface area contributed by atoms with Crippen LogP contribution in [0.4, 0.5) is 0 Å². The van der Waals surface area contributed by atoms with Gasteiger partial charge in [0.2, 0.25) is 5.91 Å². The molecule has 2 aromatic carbocycles. The lowest BCUT2D eigenvalue weighted by Crippen LogP contribution is -2.30. The summed E-state index contributed by atoms with van der Waals surface area (Å²) in [6, 6.07) is 16.3. The van der Waals surface area contributed by atoms with E-state index >= 15 is 0 Å². The van der Waals surface area contributed by atoms with E-state index in [-0.39, 0.29) is 23.3 Å². The molecule has 1 atom stereocenters. The molecule has 27 heavy (non-hydrogen) atoms. The molecule has 5 nitrogen and oxygen atoms in total. The highest BCUT2D eigenvalue weighted by atomic mass is 32.2. The van der Waals surface area contributed by atoms with Crippen LogP contribution in [0.25, 0.3) is 11.1 Å². The minimum atomic E-state index is -3.24. The van der Waals surface area contributed by atoms with Gasteiger partial charge in [-0.3, -0.25) is 4.79 Å². The van der Waals surface area contributed by atoms with E-state index in [1.165, 1.54) is 6.26 Å². The van der Waals surface area contributed by atoms with E-state index in [4.69, 9.17) is 5.26 Å². The summed E-state index contributed by atoms with van der Waals surface area (Å²) in [4.78, 5) is 12.8. The van der Waals surface area contributed by atoms with Gasteiger partial charge in [-0.05, 0) is 41.2 Å². The Bertz CT molecular complexity index is 942. The standard InChI is InChI=1S/C21H24N2O3S/c1-15(2)13-20(21(24)23-12-11-22)18-6-4-5-17(14-18)16-7-9-19(10-8-16)27(3,25)26/h4-10,14-15,20H,12-13H2,1-3H3,(H,23,24). The van der Waals surface area contributed by atoms with Gasteiger partial charge in [0, 0.05) is 6.26 Å². The molecule has 0 bridgehead atoms. The first-order valence-electron chi connectivity index (χ1n) is 8.77. The van der Waals surface area contributed by atoms with Crippen molar-refractivity contribution in [2.45, 2.75) is 31.1 Å². The van der Waals surface area contributed by atoms with Gasteiger partial charge >= 0.3 is 0 Å². The Balaban J connectivity index is 2.36. The van der Waals surface area contributed by atoms with Gasteiger partial charge in [-0.15, -0.1) is 0 Å². The molecule has 0 radical (unpaired) electrons. The molecule has 0 heterocycles. The van der Waals surface area contributed by atoms with Crippen molar-refractivity contribution in [1.82, 2.24) is 5.32 Å². The average Bonchev–Trinajstić information content (AvgIpc) is 2.63. The third kappa shape index (κ3) is 5.66. The number of hydrogen-bond acceptors (Lipinski definition) is 4. The number of amides is 1. The van der Waals surface area contributed by atoms with Gasteiger partial charge in [-0.25, -0.2) is 8.42 Å². The maximum Gasteiger partial charge on any atom is 0.228 e. The molecule has 0 aliphatic heterocycles. The third-order valence-electron chi connectivity index (χ3n) is 4.27. The topological polar surface area (TPSA) is 87.0 Å². The van der Waals surface area contributed by atoms with Crippen LogP contribution in [0.2, 0.25) is 0 Å². The molecule has 0 fully saturated rings. The fourth-order valence-electron chi connectivity index (χ4n) is 2.95. The second-order valence-corrected chi connectivity index (χ2v) is 9.00. The Morgan fingerprint density at radius 3 is 2.33 bits per heavy atom. The number of nitriles is 1. The average molecular weight is 385 g/mol. The van der Waals surface area contributed by atoms with Gasteiger partial charge in [0.1, 0.15) is 6.54 Å². The van der Waals surface area contributed by atoms with Crippen molar-refractivity contribution < 1.29 is 13.2 Å². The van der Waals surface area contributed by atoms with Gasteiger partial charge in [-0.2, -0.15) is 5.26 Å². The Labute approximate surface area is 161 Å². The van der Waals surface area contributed by atoms with E-state index in [9.17, 15) is 13.2 Å². The number of carbonyl (C=O) groups excluding carboxylic acids is 1. The fourth-order valence-corrected chi connectivity index (χ4v) is 3.58. The molecule has 2 rings (SSSR count). The summed E-state index contributed by atoms with van der Waals surface area (Å²) in [5.41, 5.74) is 2.67. The van der Waals surface area contributed by atoms with Crippen molar-refractivity contribution in [3.05, 3.63) is 54.1 Å². The molecular weight excluding hydrogens is 360 g/mol. The first-order valence-corrected chi connectivity index (χ1v) is 10.7. The van der Waals surface area contributed by atoms with Crippen molar-refractivity contribution in [2.24, 2.45) is 5.92 Å². The van der Waals surface area contributed by atoms with Crippen LogP contribution in [0, 0.1) is 17.2 Å². The number of benzene rings is 2. The minimum absolute atomic E-state index is 0.0138. The number of rotatable bonds is 7.